The first-order valence-corrected chi connectivity index (χ1v) is 7.70. The number of hydrogen-bond acceptors (Lipinski definition) is 3. The zero-order valence-corrected chi connectivity index (χ0v) is 13.8. The first kappa shape index (κ1) is 18.2. The van der Waals surface area contributed by atoms with Gasteiger partial charge in [-0.15, -0.1) is 23.9 Å². The first-order valence-electron chi connectivity index (χ1n) is 7.17. The lowest BCUT2D eigenvalue weighted by atomic mass is 10.0. The average Bonchev–Trinajstić information content (AvgIpc) is 2.54. The summed E-state index contributed by atoms with van der Waals surface area (Å²) in [5.41, 5.74) is 0.890. The Bertz CT molecular complexity index is 525. The Hall–Kier alpha value is -1.86. The largest absolute Gasteiger partial charge is 0.493 e. The van der Waals surface area contributed by atoms with E-state index in [9.17, 15) is 4.79 Å². The molecule has 1 atom stereocenters. The Balaban J connectivity index is 2.82. The maximum absolute atomic E-state index is 12.0. The predicted octanol–water partition coefficient (Wildman–Crippen LogP) is 3.29. The summed E-state index contributed by atoms with van der Waals surface area (Å²) in [4.78, 5) is 12.0. The van der Waals surface area contributed by atoms with Gasteiger partial charge in [0.2, 0.25) is 5.91 Å². The van der Waals surface area contributed by atoms with Crippen molar-refractivity contribution < 1.29 is 14.3 Å². The van der Waals surface area contributed by atoms with Crippen molar-refractivity contribution in [3.63, 3.8) is 0 Å². The summed E-state index contributed by atoms with van der Waals surface area (Å²) in [6.45, 7) is 0. The number of ether oxygens (including phenoxy) is 2. The molecule has 0 spiro atoms. The SMILES string of the molecule is C#CC[C@H](NC(=O)CCCCCl)c1ccc(OC)c(OC)c1. The lowest BCUT2D eigenvalue weighted by molar-refractivity contribution is -0.121. The van der Waals surface area contributed by atoms with Crippen molar-refractivity contribution in [1.82, 2.24) is 5.32 Å². The molecule has 0 fully saturated rings. The van der Waals surface area contributed by atoms with Gasteiger partial charge in [-0.25, -0.2) is 0 Å². The number of nitrogens with one attached hydrogen (secondary N) is 1. The van der Waals surface area contributed by atoms with Crippen LogP contribution >= 0.6 is 11.6 Å². The van der Waals surface area contributed by atoms with Gasteiger partial charge in [0, 0.05) is 18.7 Å². The maximum Gasteiger partial charge on any atom is 0.220 e. The molecule has 0 aliphatic carbocycles. The van der Waals surface area contributed by atoms with Gasteiger partial charge >= 0.3 is 0 Å². The molecule has 120 valence electrons. The fourth-order valence-corrected chi connectivity index (χ4v) is 2.28. The second kappa shape index (κ2) is 9.97. The molecule has 1 N–H and O–H groups in total. The molecular weight excluding hydrogens is 302 g/mol. The summed E-state index contributed by atoms with van der Waals surface area (Å²) in [7, 11) is 3.15. The van der Waals surface area contributed by atoms with E-state index in [1.165, 1.54) is 0 Å². The molecule has 0 saturated carbocycles. The van der Waals surface area contributed by atoms with E-state index in [0.717, 1.165) is 18.4 Å². The fraction of sp³-hybridized carbons (Fsp3) is 0.471. The second-order valence-corrected chi connectivity index (χ2v) is 5.17. The van der Waals surface area contributed by atoms with Crippen LogP contribution in [0.2, 0.25) is 0 Å². The van der Waals surface area contributed by atoms with E-state index in [0.29, 0.717) is 30.2 Å². The normalized spacial score (nSPS) is 11.4. The van der Waals surface area contributed by atoms with Crippen LogP contribution in [-0.2, 0) is 4.79 Å². The summed E-state index contributed by atoms with van der Waals surface area (Å²) in [6, 6.07) is 5.27. The number of carbonyl (C=O) groups excluding carboxylic acids is 1. The highest BCUT2D eigenvalue weighted by molar-refractivity contribution is 6.17. The standard InChI is InChI=1S/C17H22ClNO3/c1-4-7-14(19-17(20)8-5-6-11-18)13-9-10-15(21-2)16(12-13)22-3/h1,9-10,12,14H,5-8,11H2,2-3H3,(H,19,20)/t14-/m0/s1. The van der Waals surface area contributed by atoms with Crippen molar-refractivity contribution in [1.29, 1.82) is 0 Å². The number of methoxy groups -OCH3 is 2. The van der Waals surface area contributed by atoms with Crippen molar-refractivity contribution >= 4 is 17.5 Å². The molecule has 0 aliphatic rings. The van der Waals surface area contributed by atoms with Crippen LogP contribution in [0.3, 0.4) is 0 Å². The molecule has 22 heavy (non-hydrogen) atoms. The quantitative estimate of drug-likeness (QED) is 0.431. The third-order valence-corrected chi connectivity index (χ3v) is 3.52. The molecule has 0 bridgehead atoms. The van der Waals surface area contributed by atoms with Crippen molar-refractivity contribution in [2.24, 2.45) is 0 Å². The molecule has 0 heterocycles. The number of hydrogen-bond donors (Lipinski definition) is 1. The van der Waals surface area contributed by atoms with E-state index in [1.807, 2.05) is 12.1 Å². The molecule has 1 rings (SSSR count). The van der Waals surface area contributed by atoms with E-state index in [2.05, 4.69) is 11.2 Å². The molecule has 0 aromatic heterocycles. The van der Waals surface area contributed by atoms with Gasteiger partial charge in [0.05, 0.1) is 20.3 Å². The van der Waals surface area contributed by atoms with Crippen molar-refractivity contribution in [2.75, 3.05) is 20.1 Å². The molecule has 5 heteroatoms. The van der Waals surface area contributed by atoms with E-state index in [-0.39, 0.29) is 11.9 Å². The number of carbonyl (C=O) groups is 1. The van der Waals surface area contributed by atoms with Crippen molar-refractivity contribution in [2.45, 2.75) is 31.7 Å². The predicted molar refractivity (Wildman–Crippen MR) is 88.5 cm³/mol. The van der Waals surface area contributed by atoms with E-state index in [4.69, 9.17) is 27.5 Å². The average molecular weight is 324 g/mol. The van der Waals surface area contributed by atoms with Crippen LogP contribution in [0.5, 0.6) is 11.5 Å². The number of terminal acetylenes is 1. The highest BCUT2D eigenvalue weighted by Gasteiger charge is 2.16. The number of unbranched alkanes of at least 4 members (excludes halogenated alkanes) is 1. The van der Waals surface area contributed by atoms with Gasteiger partial charge in [0.1, 0.15) is 0 Å². The van der Waals surface area contributed by atoms with Crippen LogP contribution in [0.15, 0.2) is 18.2 Å². The van der Waals surface area contributed by atoms with E-state index < -0.39 is 0 Å². The van der Waals surface area contributed by atoms with E-state index in [1.54, 1.807) is 20.3 Å². The minimum atomic E-state index is -0.242. The topological polar surface area (TPSA) is 47.6 Å². The summed E-state index contributed by atoms with van der Waals surface area (Å²) in [5.74, 6) is 4.38. The highest BCUT2D eigenvalue weighted by atomic mass is 35.5. The third-order valence-electron chi connectivity index (χ3n) is 3.25. The minimum Gasteiger partial charge on any atom is -0.493 e. The number of alkyl halides is 1. The Kier molecular flexibility index (Phi) is 8.24. The summed E-state index contributed by atoms with van der Waals surface area (Å²) < 4.78 is 10.5. The number of benzene rings is 1. The van der Waals surface area contributed by atoms with Crippen LogP contribution in [0.25, 0.3) is 0 Å². The minimum absolute atomic E-state index is 0.0276. The number of amides is 1. The van der Waals surface area contributed by atoms with Gasteiger partial charge in [-0.2, -0.15) is 0 Å². The molecular formula is C17H22ClNO3. The van der Waals surface area contributed by atoms with Gasteiger partial charge in [-0.1, -0.05) is 6.07 Å². The summed E-state index contributed by atoms with van der Waals surface area (Å²) in [6.07, 6.45) is 7.87. The van der Waals surface area contributed by atoms with Crippen LogP contribution in [-0.4, -0.2) is 26.0 Å². The molecule has 0 radical (unpaired) electrons. The van der Waals surface area contributed by atoms with Gasteiger partial charge in [0.15, 0.2) is 11.5 Å². The smallest absolute Gasteiger partial charge is 0.220 e. The van der Waals surface area contributed by atoms with Gasteiger partial charge in [0.25, 0.3) is 0 Å². The highest BCUT2D eigenvalue weighted by Crippen LogP contribution is 2.30. The monoisotopic (exact) mass is 323 g/mol. The Morgan fingerprint density at radius 1 is 1.32 bits per heavy atom. The maximum atomic E-state index is 12.0. The van der Waals surface area contributed by atoms with Crippen molar-refractivity contribution in [3.8, 4) is 23.8 Å². The molecule has 0 aliphatic heterocycles. The molecule has 0 saturated heterocycles. The second-order valence-electron chi connectivity index (χ2n) is 4.79. The van der Waals surface area contributed by atoms with Gasteiger partial charge in [-0.3, -0.25) is 4.79 Å². The third kappa shape index (κ3) is 5.50. The Morgan fingerprint density at radius 2 is 2.05 bits per heavy atom. The van der Waals surface area contributed by atoms with E-state index >= 15 is 0 Å². The molecule has 0 unspecified atom stereocenters. The Morgan fingerprint density at radius 3 is 2.64 bits per heavy atom. The molecule has 1 aromatic carbocycles. The van der Waals surface area contributed by atoms with Gasteiger partial charge in [-0.05, 0) is 30.5 Å². The van der Waals surface area contributed by atoms with Crippen LogP contribution < -0.4 is 14.8 Å². The first-order chi connectivity index (χ1) is 10.7. The van der Waals surface area contributed by atoms with Crippen LogP contribution in [0.1, 0.15) is 37.3 Å². The zero-order chi connectivity index (χ0) is 16.4. The van der Waals surface area contributed by atoms with Crippen LogP contribution in [0, 0.1) is 12.3 Å². The fourth-order valence-electron chi connectivity index (χ4n) is 2.09. The summed E-state index contributed by atoms with van der Waals surface area (Å²) >= 11 is 5.61. The molecule has 1 aromatic rings. The Labute approximate surface area is 137 Å². The van der Waals surface area contributed by atoms with Crippen molar-refractivity contribution in [3.05, 3.63) is 23.8 Å². The lowest BCUT2D eigenvalue weighted by Crippen LogP contribution is -2.28. The van der Waals surface area contributed by atoms with Crippen LogP contribution in [0.4, 0.5) is 0 Å². The number of halogens is 1. The van der Waals surface area contributed by atoms with Gasteiger partial charge < -0.3 is 14.8 Å². The lowest BCUT2D eigenvalue weighted by Gasteiger charge is -2.18. The summed E-state index contributed by atoms with van der Waals surface area (Å²) in [5, 5.41) is 2.96. The zero-order valence-electron chi connectivity index (χ0n) is 13.0. The molecule has 4 nitrogen and oxygen atoms in total. The molecule has 1 amide bonds. The number of rotatable bonds is 9.